The summed E-state index contributed by atoms with van der Waals surface area (Å²) >= 11 is 1.77. The maximum Gasteiger partial charge on any atom is 0.225 e. The van der Waals surface area contributed by atoms with Crippen molar-refractivity contribution in [2.24, 2.45) is 0 Å². The van der Waals surface area contributed by atoms with Crippen LogP contribution >= 0.6 is 11.3 Å². The SMILES string of the molecule is O=C(CC1CCCN1)Nc1ccc2nc(C3CC3)sc2c1. The fraction of sp³-hybridized carbons (Fsp3) is 0.500. The van der Waals surface area contributed by atoms with Crippen LogP contribution in [0.25, 0.3) is 10.2 Å². The summed E-state index contributed by atoms with van der Waals surface area (Å²) in [5.74, 6) is 0.787. The first-order valence-corrected chi connectivity index (χ1v) is 8.53. The zero-order chi connectivity index (χ0) is 14.2. The maximum atomic E-state index is 12.1. The molecular weight excluding hydrogens is 282 g/mol. The van der Waals surface area contributed by atoms with E-state index >= 15 is 0 Å². The molecule has 1 aromatic heterocycles. The number of amides is 1. The summed E-state index contributed by atoms with van der Waals surface area (Å²) in [5.41, 5.74) is 1.94. The Labute approximate surface area is 128 Å². The van der Waals surface area contributed by atoms with Crippen LogP contribution in [-0.4, -0.2) is 23.5 Å². The summed E-state index contributed by atoms with van der Waals surface area (Å²) in [6, 6.07) is 6.37. The number of hydrogen-bond donors (Lipinski definition) is 2. The van der Waals surface area contributed by atoms with Gasteiger partial charge in [-0.05, 0) is 50.4 Å². The molecule has 0 bridgehead atoms. The average molecular weight is 301 g/mol. The second kappa shape index (κ2) is 5.39. The van der Waals surface area contributed by atoms with Gasteiger partial charge in [0.15, 0.2) is 0 Å². The zero-order valence-corrected chi connectivity index (χ0v) is 12.7. The van der Waals surface area contributed by atoms with Crippen molar-refractivity contribution in [1.29, 1.82) is 0 Å². The van der Waals surface area contributed by atoms with Crippen LogP contribution in [0.2, 0.25) is 0 Å². The van der Waals surface area contributed by atoms with Gasteiger partial charge in [-0.3, -0.25) is 4.79 Å². The minimum absolute atomic E-state index is 0.0979. The van der Waals surface area contributed by atoms with Crippen molar-refractivity contribution in [3.63, 3.8) is 0 Å². The summed E-state index contributed by atoms with van der Waals surface area (Å²) in [6.45, 7) is 1.04. The third-order valence-corrected chi connectivity index (χ3v) is 5.39. The average Bonchev–Trinajstić information content (AvgIpc) is 3.03. The van der Waals surface area contributed by atoms with Crippen molar-refractivity contribution >= 4 is 33.1 Å². The maximum absolute atomic E-state index is 12.1. The van der Waals surface area contributed by atoms with Crippen LogP contribution in [-0.2, 0) is 4.79 Å². The minimum atomic E-state index is 0.0979. The summed E-state index contributed by atoms with van der Waals surface area (Å²) in [6.07, 6.45) is 5.39. The van der Waals surface area contributed by atoms with Crippen LogP contribution in [0.5, 0.6) is 0 Å². The molecule has 1 amide bonds. The summed E-state index contributed by atoms with van der Waals surface area (Å²) in [5, 5.41) is 7.63. The molecule has 1 aromatic carbocycles. The van der Waals surface area contributed by atoms with E-state index in [0.717, 1.165) is 24.2 Å². The molecule has 2 aliphatic rings. The molecule has 4 nitrogen and oxygen atoms in total. The van der Waals surface area contributed by atoms with E-state index in [1.165, 1.54) is 29.0 Å². The molecule has 5 heteroatoms. The Morgan fingerprint density at radius 3 is 3.05 bits per heavy atom. The number of nitrogens with one attached hydrogen (secondary N) is 2. The zero-order valence-electron chi connectivity index (χ0n) is 11.9. The molecule has 2 aromatic rings. The van der Waals surface area contributed by atoms with E-state index < -0.39 is 0 Å². The molecule has 1 aliphatic carbocycles. The Bertz CT molecular complexity index is 671. The van der Waals surface area contributed by atoms with E-state index in [0.29, 0.717) is 18.4 Å². The van der Waals surface area contributed by atoms with Crippen LogP contribution in [0, 0.1) is 0 Å². The van der Waals surface area contributed by atoms with Gasteiger partial charge in [-0.25, -0.2) is 4.98 Å². The van der Waals surface area contributed by atoms with E-state index in [4.69, 9.17) is 0 Å². The minimum Gasteiger partial charge on any atom is -0.326 e. The Kier molecular flexibility index (Phi) is 3.39. The highest BCUT2D eigenvalue weighted by molar-refractivity contribution is 7.18. The second-order valence-electron chi connectivity index (χ2n) is 6.05. The Hall–Kier alpha value is -1.46. The van der Waals surface area contributed by atoms with Gasteiger partial charge in [0.1, 0.15) is 0 Å². The number of benzene rings is 1. The van der Waals surface area contributed by atoms with Crippen LogP contribution in [0.4, 0.5) is 5.69 Å². The molecule has 2 heterocycles. The number of hydrogen-bond acceptors (Lipinski definition) is 4. The highest BCUT2D eigenvalue weighted by Crippen LogP contribution is 2.43. The lowest BCUT2D eigenvalue weighted by atomic mass is 10.1. The van der Waals surface area contributed by atoms with Crippen molar-refractivity contribution in [3.05, 3.63) is 23.2 Å². The smallest absolute Gasteiger partial charge is 0.225 e. The van der Waals surface area contributed by atoms with Crippen molar-refractivity contribution < 1.29 is 4.79 Å². The third-order valence-electron chi connectivity index (χ3n) is 4.21. The van der Waals surface area contributed by atoms with E-state index in [1.807, 2.05) is 12.1 Å². The normalized spacial score (nSPS) is 21.8. The first-order chi connectivity index (χ1) is 10.3. The van der Waals surface area contributed by atoms with Gasteiger partial charge in [0.25, 0.3) is 0 Å². The third kappa shape index (κ3) is 2.94. The lowest BCUT2D eigenvalue weighted by molar-refractivity contribution is -0.116. The molecule has 2 fully saturated rings. The molecule has 110 valence electrons. The summed E-state index contributed by atoms with van der Waals surface area (Å²) < 4.78 is 1.17. The summed E-state index contributed by atoms with van der Waals surface area (Å²) in [4.78, 5) is 16.7. The molecule has 21 heavy (non-hydrogen) atoms. The van der Waals surface area contributed by atoms with E-state index in [-0.39, 0.29) is 5.91 Å². The molecule has 4 rings (SSSR count). The Morgan fingerprint density at radius 2 is 2.29 bits per heavy atom. The standard InChI is InChI=1S/C16H19N3OS/c20-15(9-11-2-1-7-17-11)18-12-5-6-13-14(8-12)21-16(19-13)10-3-4-10/h5-6,8,10-11,17H,1-4,7,9H2,(H,18,20). The van der Waals surface area contributed by atoms with Gasteiger partial charge < -0.3 is 10.6 Å². The van der Waals surface area contributed by atoms with Crippen LogP contribution in [0.3, 0.4) is 0 Å². The number of anilines is 1. The number of carbonyl (C=O) groups excluding carboxylic acids is 1. The first kappa shape index (κ1) is 13.2. The van der Waals surface area contributed by atoms with E-state index in [9.17, 15) is 4.79 Å². The molecule has 1 saturated carbocycles. The molecule has 2 N–H and O–H groups in total. The molecule has 0 radical (unpaired) electrons. The number of fused-ring (bicyclic) bond motifs is 1. The van der Waals surface area contributed by atoms with Crippen molar-refractivity contribution in [2.45, 2.75) is 44.1 Å². The van der Waals surface area contributed by atoms with Gasteiger partial charge >= 0.3 is 0 Å². The van der Waals surface area contributed by atoms with Gasteiger partial charge in [-0.15, -0.1) is 11.3 Å². The highest BCUT2D eigenvalue weighted by Gasteiger charge is 2.27. The van der Waals surface area contributed by atoms with Gasteiger partial charge in [-0.1, -0.05) is 0 Å². The number of carbonyl (C=O) groups is 1. The van der Waals surface area contributed by atoms with Crippen LogP contribution < -0.4 is 10.6 Å². The second-order valence-corrected chi connectivity index (χ2v) is 7.12. The van der Waals surface area contributed by atoms with Gasteiger partial charge in [-0.2, -0.15) is 0 Å². The summed E-state index contributed by atoms with van der Waals surface area (Å²) in [7, 11) is 0. The Morgan fingerprint density at radius 1 is 1.38 bits per heavy atom. The fourth-order valence-electron chi connectivity index (χ4n) is 2.89. The highest BCUT2D eigenvalue weighted by atomic mass is 32.1. The molecule has 1 saturated heterocycles. The molecule has 1 aliphatic heterocycles. The van der Waals surface area contributed by atoms with Crippen LogP contribution in [0.1, 0.15) is 43.0 Å². The van der Waals surface area contributed by atoms with Gasteiger partial charge in [0.2, 0.25) is 5.91 Å². The van der Waals surface area contributed by atoms with E-state index in [1.54, 1.807) is 11.3 Å². The molecular formula is C16H19N3OS. The lowest BCUT2D eigenvalue weighted by Crippen LogP contribution is -2.27. The fourth-order valence-corrected chi connectivity index (χ4v) is 4.07. The van der Waals surface area contributed by atoms with Crippen molar-refractivity contribution in [3.8, 4) is 0 Å². The number of nitrogens with zero attached hydrogens (tertiary/aromatic N) is 1. The topological polar surface area (TPSA) is 54.0 Å². The lowest BCUT2D eigenvalue weighted by Gasteiger charge is -2.10. The number of aromatic nitrogens is 1. The quantitative estimate of drug-likeness (QED) is 0.911. The van der Waals surface area contributed by atoms with Crippen molar-refractivity contribution in [2.75, 3.05) is 11.9 Å². The largest absolute Gasteiger partial charge is 0.326 e. The van der Waals surface area contributed by atoms with Crippen LogP contribution in [0.15, 0.2) is 18.2 Å². The van der Waals surface area contributed by atoms with E-state index in [2.05, 4.69) is 21.7 Å². The predicted molar refractivity (Wildman–Crippen MR) is 85.9 cm³/mol. The van der Waals surface area contributed by atoms with Gasteiger partial charge in [0.05, 0.1) is 15.2 Å². The van der Waals surface area contributed by atoms with Crippen molar-refractivity contribution in [1.82, 2.24) is 10.3 Å². The molecule has 1 unspecified atom stereocenters. The monoisotopic (exact) mass is 301 g/mol. The predicted octanol–water partition coefficient (Wildman–Crippen LogP) is 3.25. The number of rotatable bonds is 4. The first-order valence-electron chi connectivity index (χ1n) is 7.72. The molecule has 0 spiro atoms. The Balaban J connectivity index is 1.46. The molecule has 1 atom stereocenters. The number of thiazole rings is 1. The van der Waals surface area contributed by atoms with Gasteiger partial charge in [0, 0.05) is 24.1 Å².